The van der Waals surface area contributed by atoms with Gasteiger partial charge < -0.3 is 9.64 Å². The van der Waals surface area contributed by atoms with Gasteiger partial charge in [0.2, 0.25) is 0 Å². The number of carbonyl (C=O) groups is 1. The molecule has 0 radical (unpaired) electrons. The maximum atomic E-state index is 12.2. The quantitative estimate of drug-likeness (QED) is 0.398. The Morgan fingerprint density at radius 2 is 1.92 bits per heavy atom. The summed E-state index contributed by atoms with van der Waals surface area (Å²) in [5.74, 6) is 3.27. The summed E-state index contributed by atoms with van der Waals surface area (Å²) in [7, 11) is 4.39. The van der Waals surface area contributed by atoms with Gasteiger partial charge in [-0.2, -0.15) is 0 Å². The first-order valence-electron chi connectivity index (χ1n) is 15.7. The fourth-order valence-electron chi connectivity index (χ4n) is 9.80. The van der Waals surface area contributed by atoms with Crippen LogP contribution in [0.2, 0.25) is 0 Å². The first kappa shape index (κ1) is 27.6. The number of likely N-dealkylation sites (N-methyl/N-ethyl adjacent to an activating group) is 1. The third kappa shape index (κ3) is 4.61. The second-order valence-corrected chi connectivity index (χ2v) is 13.7. The molecule has 6 rings (SSSR count). The largest absolute Gasteiger partial charge is 0.369 e. The predicted octanol–water partition coefficient (Wildman–Crippen LogP) is 6.65. The van der Waals surface area contributed by atoms with Crippen LogP contribution in [0.4, 0.5) is 0 Å². The zero-order chi connectivity index (χ0) is 26.5. The molecule has 2 saturated carbocycles. The van der Waals surface area contributed by atoms with E-state index in [1.54, 1.807) is 11.1 Å². The Bertz CT molecular complexity index is 937. The van der Waals surface area contributed by atoms with Crippen LogP contribution in [0.15, 0.2) is 22.8 Å². The molecule has 8 atom stereocenters. The van der Waals surface area contributed by atoms with Crippen LogP contribution in [-0.2, 0) is 9.53 Å². The third-order valence-electron chi connectivity index (χ3n) is 11.7. The van der Waals surface area contributed by atoms with E-state index in [1.165, 1.54) is 57.2 Å². The zero-order valence-electron chi connectivity index (χ0n) is 24.9. The molecule has 208 valence electrons. The van der Waals surface area contributed by atoms with Crippen LogP contribution in [0.5, 0.6) is 0 Å². The number of allylic oxidation sites excluding steroid dienone is 3. The van der Waals surface area contributed by atoms with Crippen molar-refractivity contribution in [2.24, 2.45) is 29.1 Å². The molecule has 4 fully saturated rings. The first-order valence-corrected chi connectivity index (χ1v) is 15.7. The van der Waals surface area contributed by atoms with Gasteiger partial charge in [0.25, 0.3) is 0 Å². The molecule has 1 spiro atoms. The third-order valence-corrected chi connectivity index (χ3v) is 11.7. The smallest absolute Gasteiger partial charge is 0.155 e. The highest BCUT2D eigenvalue weighted by atomic mass is 16.5. The van der Waals surface area contributed by atoms with Gasteiger partial charge in [0.05, 0.1) is 11.7 Å². The van der Waals surface area contributed by atoms with Crippen molar-refractivity contribution in [1.29, 1.82) is 0 Å². The summed E-state index contributed by atoms with van der Waals surface area (Å²) in [5, 5.41) is 0. The van der Waals surface area contributed by atoms with Gasteiger partial charge >= 0.3 is 0 Å². The number of hydrogen-bond acceptors (Lipinski definition) is 4. The van der Waals surface area contributed by atoms with Gasteiger partial charge in [0.15, 0.2) is 5.78 Å². The summed E-state index contributed by atoms with van der Waals surface area (Å²) in [6, 6.07) is 0.591. The molecule has 0 amide bonds. The first-order chi connectivity index (χ1) is 17.7. The number of rotatable bonds is 3. The number of likely N-dealkylation sites (tertiary alicyclic amines) is 1. The van der Waals surface area contributed by atoms with E-state index < -0.39 is 0 Å². The van der Waals surface area contributed by atoms with Gasteiger partial charge in [-0.05, 0) is 115 Å². The maximum Gasteiger partial charge on any atom is 0.155 e. The summed E-state index contributed by atoms with van der Waals surface area (Å²) in [5.41, 5.74) is 5.23. The van der Waals surface area contributed by atoms with Gasteiger partial charge in [-0.3, -0.25) is 9.69 Å². The van der Waals surface area contributed by atoms with Crippen LogP contribution in [0.3, 0.4) is 0 Å². The Kier molecular flexibility index (Phi) is 7.86. The molecule has 0 aromatic heterocycles. The lowest BCUT2D eigenvalue weighted by atomic mass is 9.56. The molecule has 6 aliphatic rings. The minimum absolute atomic E-state index is 0.0356. The monoisotopic (exact) mass is 510 g/mol. The lowest BCUT2D eigenvalue weighted by Crippen LogP contribution is -2.51. The number of fused-ring (bicyclic) bond motifs is 6. The van der Waals surface area contributed by atoms with Gasteiger partial charge in [-0.15, -0.1) is 0 Å². The average Bonchev–Trinajstić information content (AvgIpc) is 3.35. The van der Waals surface area contributed by atoms with Crippen LogP contribution in [0.1, 0.15) is 98.8 Å². The Balaban J connectivity index is 0.00000137. The van der Waals surface area contributed by atoms with Crippen LogP contribution in [0, 0.1) is 29.1 Å². The average molecular weight is 511 g/mol. The molecular formula is C33H54N2O2. The van der Waals surface area contributed by atoms with E-state index in [-0.39, 0.29) is 11.0 Å². The van der Waals surface area contributed by atoms with E-state index >= 15 is 0 Å². The topological polar surface area (TPSA) is 32.8 Å². The number of carbonyl (C=O) groups excluding carboxylic acids is 1. The van der Waals surface area contributed by atoms with Crippen LogP contribution in [0.25, 0.3) is 0 Å². The Labute approximate surface area is 227 Å². The lowest BCUT2D eigenvalue weighted by molar-refractivity contribution is -0.116. The van der Waals surface area contributed by atoms with E-state index in [0.29, 0.717) is 23.8 Å². The molecule has 4 heteroatoms. The molecule has 0 N–H and O–H groups in total. The van der Waals surface area contributed by atoms with E-state index in [9.17, 15) is 4.79 Å². The van der Waals surface area contributed by atoms with Crippen molar-refractivity contribution in [3.63, 3.8) is 0 Å². The SMILES string of the molecule is CC.CC1=C2CC3C(CCC4=CC(=O)CCC43C)C2CCC2(C1)OC1CCCN(CCN(C)C)C1C2C. The maximum absolute atomic E-state index is 12.2. The van der Waals surface area contributed by atoms with Gasteiger partial charge in [-0.1, -0.05) is 44.4 Å². The highest BCUT2D eigenvalue weighted by Crippen LogP contribution is 2.64. The van der Waals surface area contributed by atoms with E-state index in [2.05, 4.69) is 44.7 Å². The van der Waals surface area contributed by atoms with Crippen LogP contribution in [-0.4, -0.2) is 67.1 Å². The fourth-order valence-corrected chi connectivity index (χ4v) is 9.80. The number of ketones is 1. The Morgan fingerprint density at radius 1 is 1.14 bits per heavy atom. The van der Waals surface area contributed by atoms with Crippen molar-refractivity contribution in [1.82, 2.24) is 9.80 Å². The minimum Gasteiger partial charge on any atom is -0.369 e. The summed E-state index contributed by atoms with van der Waals surface area (Å²) in [6.45, 7) is 15.0. The lowest BCUT2D eigenvalue weighted by Gasteiger charge is -2.48. The number of ether oxygens (including phenoxy) is 1. The summed E-state index contributed by atoms with van der Waals surface area (Å²) < 4.78 is 7.18. The standard InChI is InChI=1S/C31H48N2O2.C2H6/c1-20-19-31(21(2)29-28(35-31)7-6-14-33(29)16-15-32(4)5)13-11-24-25-9-8-22-17-23(34)10-12-30(22,3)27(25)18-26(20)24;1-2/h17,21,24-25,27-29H,6-16,18-19H2,1-5H3;1-2H3. The van der Waals surface area contributed by atoms with Gasteiger partial charge in [-0.25, -0.2) is 0 Å². The Hall–Kier alpha value is -0.970. The predicted molar refractivity (Wildman–Crippen MR) is 153 cm³/mol. The zero-order valence-corrected chi connectivity index (χ0v) is 24.9. The van der Waals surface area contributed by atoms with Crippen molar-refractivity contribution in [2.45, 2.75) is 117 Å². The van der Waals surface area contributed by atoms with Crippen molar-refractivity contribution in [2.75, 3.05) is 33.7 Å². The second kappa shape index (κ2) is 10.5. The van der Waals surface area contributed by atoms with Crippen molar-refractivity contribution in [3.05, 3.63) is 22.8 Å². The molecular weight excluding hydrogens is 456 g/mol. The highest BCUT2D eigenvalue weighted by molar-refractivity contribution is 5.91. The second-order valence-electron chi connectivity index (χ2n) is 13.7. The summed E-state index contributed by atoms with van der Waals surface area (Å²) >= 11 is 0. The van der Waals surface area contributed by atoms with Crippen molar-refractivity contribution < 1.29 is 9.53 Å². The number of hydrogen-bond donors (Lipinski definition) is 0. The van der Waals surface area contributed by atoms with E-state index in [1.807, 2.05) is 19.9 Å². The van der Waals surface area contributed by atoms with Crippen molar-refractivity contribution >= 4 is 5.78 Å². The molecule has 2 aliphatic heterocycles. The summed E-state index contributed by atoms with van der Waals surface area (Å²) in [6.07, 6.45) is 14.2. The molecule has 37 heavy (non-hydrogen) atoms. The number of piperidine rings is 1. The molecule has 4 aliphatic carbocycles. The molecule has 0 bridgehead atoms. The van der Waals surface area contributed by atoms with Crippen LogP contribution < -0.4 is 0 Å². The molecule has 2 heterocycles. The van der Waals surface area contributed by atoms with E-state index in [4.69, 9.17) is 4.74 Å². The summed E-state index contributed by atoms with van der Waals surface area (Å²) in [4.78, 5) is 17.3. The molecule has 2 saturated heterocycles. The molecule has 8 unspecified atom stereocenters. The van der Waals surface area contributed by atoms with E-state index in [0.717, 1.165) is 50.0 Å². The molecule has 0 aromatic carbocycles. The van der Waals surface area contributed by atoms with Gasteiger partial charge in [0.1, 0.15) is 0 Å². The fraction of sp³-hybridized carbons (Fsp3) is 0.848. The van der Waals surface area contributed by atoms with Gasteiger partial charge in [0, 0.05) is 31.5 Å². The van der Waals surface area contributed by atoms with Crippen molar-refractivity contribution in [3.8, 4) is 0 Å². The normalized spacial score (nSPS) is 43.5. The number of nitrogens with zero attached hydrogens (tertiary/aromatic N) is 2. The Morgan fingerprint density at radius 3 is 2.68 bits per heavy atom. The molecule has 4 nitrogen and oxygen atoms in total. The minimum atomic E-state index is 0.0356. The van der Waals surface area contributed by atoms with Crippen LogP contribution >= 0.6 is 0 Å². The highest BCUT2D eigenvalue weighted by Gasteiger charge is 2.58. The molecule has 0 aromatic rings.